The monoisotopic (exact) mass is 236 g/mol. The Morgan fingerprint density at radius 1 is 1.44 bits per heavy atom. The molecule has 1 unspecified atom stereocenters. The number of hydrogen-bond acceptors (Lipinski definition) is 3. The number of benzene rings is 1. The van der Waals surface area contributed by atoms with E-state index in [9.17, 15) is 4.79 Å². The summed E-state index contributed by atoms with van der Waals surface area (Å²) in [6.07, 6.45) is 1.05. The Morgan fingerprint density at radius 2 is 2.19 bits per heavy atom. The maximum Gasteiger partial charge on any atom is 0.241 e. The van der Waals surface area contributed by atoms with E-state index >= 15 is 0 Å². The number of hydrogen-bond donors (Lipinski definition) is 2. The van der Waals surface area contributed by atoms with Crippen molar-refractivity contribution in [1.82, 2.24) is 5.32 Å². The van der Waals surface area contributed by atoms with Crippen molar-refractivity contribution >= 4 is 17.7 Å². The molecule has 3 nitrogen and oxygen atoms in total. The Morgan fingerprint density at radius 3 is 2.81 bits per heavy atom. The van der Waals surface area contributed by atoms with Crippen LogP contribution in [0.2, 0.25) is 0 Å². The first-order chi connectivity index (χ1) is 7.77. The maximum atomic E-state index is 11.9. The van der Waals surface area contributed by atoms with Gasteiger partial charge in [-0.2, -0.15) is 11.8 Å². The first-order valence-corrected chi connectivity index (χ1v) is 6.61. The smallest absolute Gasteiger partial charge is 0.241 e. The molecule has 1 saturated heterocycles. The van der Waals surface area contributed by atoms with Crippen LogP contribution in [0.25, 0.3) is 0 Å². The molecule has 86 valence electrons. The molecule has 1 aliphatic heterocycles. The summed E-state index contributed by atoms with van der Waals surface area (Å²) < 4.78 is 0. The predicted molar refractivity (Wildman–Crippen MR) is 67.2 cm³/mol. The first-order valence-electron chi connectivity index (χ1n) is 5.46. The number of carbonyl (C=O) groups excluding carboxylic acids is 1. The summed E-state index contributed by atoms with van der Waals surface area (Å²) in [6.45, 7) is 0. The fourth-order valence-corrected chi connectivity index (χ4v) is 2.90. The fourth-order valence-electron chi connectivity index (χ4n) is 1.75. The van der Waals surface area contributed by atoms with Crippen molar-refractivity contribution < 1.29 is 4.79 Å². The van der Waals surface area contributed by atoms with Gasteiger partial charge in [0, 0.05) is 11.8 Å². The topological polar surface area (TPSA) is 55.1 Å². The zero-order chi connectivity index (χ0) is 11.4. The summed E-state index contributed by atoms with van der Waals surface area (Å²) in [6, 6.07) is 9.23. The highest BCUT2D eigenvalue weighted by atomic mass is 32.2. The third kappa shape index (κ3) is 2.77. The van der Waals surface area contributed by atoms with Gasteiger partial charge in [-0.3, -0.25) is 4.79 Å². The van der Waals surface area contributed by atoms with E-state index in [1.54, 1.807) is 0 Å². The summed E-state index contributed by atoms with van der Waals surface area (Å²) in [4.78, 5) is 11.9. The van der Waals surface area contributed by atoms with Gasteiger partial charge in [-0.1, -0.05) is 30.3 Å². The van der Waals surface area contributed by atoms with Crippen LogP contribution in [0.1, 0.15) is 18.0 Å². The highest BCUT2D eigenvalue weighted by molar-refractivity contribution is 7.99. The molecule has 2 rings (SSSR count). The van der Waals surface area contributed by atoms with Crippen molar-refractivity contribution in [2.75, 3.05) is 11.5 Å². The van der Waals surface area contributed by atoms with Crippen molar-refractivity contribution in [3.63, 3.8) is 0 Å². The van der Waals surface area contributed by atoms with Gasteiger partial charge in [0.1, 0.15) is 6.04 Å². The lowest BCUT2D eigenvalue weighted by Gasteiger charge is -2.16. The largest absolute Gasteiger partial charge is 0.351 e. The van der Waals surface area contributed by atoms with Crippen molar-refractivity contribution in [3.8, 4) is 0 Å². The van der Waals surface area contributed by atoms with Crippen molar-refractivity contribution in [3.05, 3.63) is 35.9 Å². The van der Waals surface area contributed by atoms with Gasteiger partial charge < -0.3 is 11.1 Å². The fraction of sp³-hybridized carbons (Fsp3) is 0.417. The van der Waals surface area contributed by atoms with E-state index in [2.05, 4.69) is 5.32 Å². The van der Waals surface area contributed by atoms with Crippen LogP contribution in [0.4, 0.5) is 0 Å². The van der Waals surface area contributed by atoms with E-state index < -0.39 is 6.04 Å². The summed E-state index contributed by atoms with van der Waals surface area (Å²) in [5.41, 5.74) is 6.76. The van der Waals surface area contributed by atoms with Crippen LogP contribution in [0.5, 0.6) is 0 Å². The standard InChI is InChI=1S/C12H16N2OS/c13-11(9-4-2-1-3-5-9)12(15)14-10-6-7-16-8-10/h1-5,10-11H,6-8,13H2,(H,14,15)/t10?,11-/m1/s1. The Labute approximate surface area is 99.8 Å². The molecule has 4 heteroatoms. The second-order valence-corrected chi connectivity index (χ2v) is 5.11. The molecule has 2 atom stereocenters. The van der Waals surface area contributed by atoms with Gasteiger partial charge in [-0.05, 0) is 17.7 Å². The molecule has 0 spiro atoms. The Hall–Kier alpha value is -1.00. The molecule has 0 aliphatic carbocycles. The number of rotatable bonds is 3. The summed E-state index contributed by atoms with van der Waals surface area (Å²) in [5.74, 6) is 2.07. The van der Waals surface area contributed by atoms with Crippen LogP contribution in [0.15, 0.2) is 30.3 Å². The first kappa shape index (κ1) is 11.5. The highest BCUT2D eigenvalue weighted by Crippen LogP contribution is 2.18. The van der Waals surface area contributed by atoms with E-state index in [-0.39, 0.29) is 5.91 Å². The Balaban J connectivity index is 1.94. The van der Waals surface area contributed by atoms with Crippen LogP contribution in [-0.4, -0.2) is 23.5 Å². The van der Waals surface area contributed by atoms with Crippen molar-refractivity contribution in [1.29, 1.82) is 0 Å². The predicted octanol–water partition coefficient (Wildman–Crippen LogP) is 1.31. The van der Waals surface area contributed by atoms with Gasteiger partial charge in [0.15, 0.2) is 0 Å². The van der Waals surface area contributed by atoms with E-state index in [1.165, 1.54) is 0 Å². The van der Waals surface area contributed by atoms with Gasteiger partial charge in [-0.15, -0.1) is 0 Å². The van der Waals surface area contributed by atoms with E-state index in [1.807, 2.05) is 42.1 Å². The molecule has 1 aromatic carbocycles. The molecule has 0 aromatic heterocycles. The lowest BCUT2D eigenvalue weighted by molar-refractivity contribution is -0.123. The minimum Gasteiger partial charge on any atom is -0.351 e. The molecule has 0 bridgehead atoms. The third-order valence-corrected chi connectivity index (χ3v) is 3.88. The average molecular weight is 236 g/mol. The minimum atomic E-state index is -0.549. The van der Waals surface area contributed by atoms with Crippen molar-refractivity contribution in [2.24, 2.45) is 5.73 Å². The summed E-state index contributed by atoms with van der Waals surface area (Å²) in [7, 11) is 0. The Bertz CT molecular complexity index is 349. The molecule has 0 radical (unpaired) electrons. The second-order valence-electron chi connectivity index (χ2n) is 3.96. The van der Waals surface area contributed by atoms with Gasteiger partial charge in [0.05, 0.1) is 0 Å². The van der Waals surface area contributed by atoms with Crippen molar-refractivity contribution in [2.45, 2.75) is 18.5 Å². The van der Waals surface area contributed by atoms with Crippen LogP contribution in [0.3, 0.4) is 0 Å². The van der Waals surface area contributed by atoms with Gasteiger partial charge in [0.2, 0.25) is 5.91 Å². The number of amides is 1. The summed E-state index contributed by atoms with van der Waals surface area (Å²) in [5, 5.41) is 2.99. The van der Waals surface area contributed by atoms with E-state index in [4.69, 9.17) is 5.73 Å². The lowest BCUT2D eigenvalue weighted by atomic mass is 10.1. The minimum absolute atomic E-state index is 0.0706. The average Bonchev–Trinajstić information content (AvgIpc) is 2.82. The molecule has 0 saturated carbocycles. The molecule has 3 N–H and O–H groups in total. The second kappa shape index (κ2) is 5.37. The van der Waals surface area contributed by atoms with E-state index in [0.29, 0.717) is 6.04 Å². The van der Waals surface area contributed by atoms with Crippen LogP contribution >= 0.6 is 11.8 Å². The lowest BCUT2D eigenvalue weighted by Crippen LogP contribution is -2.40. The third-order valence-electron chi connectivity index (χ3n) is 2.72. The molecule has 1 aromatic rings. The highest BCUT2D eigenvalue weighted by Gasteiger charge is 2.21. The van der Waals surface area contributed by atoms with Gasteiger partial charge in [0.25, 0.3) is 0 Å². The quantitative estimate of drug-likeness (QED) is 0.832. The molecule has 16 heavy (non-hydrogen) atoms. The molecule has 1 heterocycles. The number of nitrogens with one attached hydrogen (secondary N) is 1. The van der Waals surface area contributed by atoms with Gasteiger partial charge >= 0.3 is 0 Å². The Kier molecular flexibility index (Phi) is 3.85. The van der Waals surface area contributed by atoms with Crippen LogP contribution < -0.4 is 11.1 Å². The number of thioether (sulfide) groups is 1. The normalized spacial score (nSPS) is 21.7. The zero-order valence-corrected chi connectivity index (χ0v) is 9.87. The molecular weight excluding hydrogens is 220 g/mol. The molecule has 1 aliphatic rings. The SMILES string of the molecule is N[C@@H](C(=O)NC1CCSC1)c1ccccc1. The zero-order valence-electron chi connectivity index (χ0n) is 9.06. The number of carbonyl (C=O) groups is 1. The van der Waals surface area contributed by atoms with Gasteiger partial charge in [-0.25, -0.2) is 0 Å². The van der Waals surface area contributed by atoms with E-state index in [0.717, 1.165) is 23.5 Å². The number of nitrogens with two attached hydrogens (primary N) is 1. The molecular formula is C12H16N2OS. The maximum absolute atomic E-state index is 11.9. The van der Waals surface area contributed by atoms with Crippen LogP contribution in [-0.2, 0) is 4.79 Å². The van der Waals surface area contributed by atoms with Crippen LogP contribution in [0, 0.1) is 0 Å². The molecule has 1 fully saturated rings. The molecule has 1 amide bonds. The summed E-state index contributed by atoms with van der Waals surface area (Å²) >= 11 is 1.88.